The van der Waals surface area contributed by atoms with E-state index in [1.54, 1.807) is 4.68 Å². The van der Waals surface area contributed by atoms with E-state index >= 15 is 0 Å². The normalized spacial score (nSPS) is 12.8. The highest BCUT2D eigenvalue weighted by atomic mass is 35.5. The fourth-order valence-electron chi connectivity index (χ4n) is 1.84. The van der Waals surface area contributed by atoms with Crippen LogP contribution in [0.2, 0.25) is 10.0 Å². The molecule has 0 amide bonds. The van der Waals surface area contributed by atoms with E-state index in [2.05, 4.69) is 5.10 Å². The van der Waals surface area contributed by atoms with Crippen molar-refractivity contribution in [3.8, 4) is 5.69 Å². The van der Waals surface area contributed by atoms with E-state index in [1.165, 1.54) is 0 Å². The first-order chi connectivity index (χ1) is 8.41. The number of rotatable bonds is 2. The zero-order valence-corrected chi connectivity index (χ0v) is 12.0. The van der Waals surface area contributed by atoms with Crippen LogP contribution in [0.15, 0.2) is 18.2 Å². The van der Waals surface area contributed by atoms with Crippen molar-refractivity contribution in [2.45, 2.75) is 26.8 Å². The number of nitrogens with two attached hydrogens (primary N) is 1. The van der Waals surface area contributed by atoms with Crippen molar-refractivity contribution < 1.29 is 0 Å². The molecule has 0 saturated heterocycles. The van der Waals surface area contributed by atoms with Gasteiger partial charge in [0.2, 0.25) is 0 Å². The molecule has 18 heavy (non-hydrogen) atoms. The maximum absolute atomic E-state index is 6.28. The molecule has 1 aromatic heterocycles. The number of aromatic nitrogens is 2. The second kappa shape index (κ2) is 4.92. The number of nitrogens with zero attached hydrogens (tertiary/aromatic N) is 2. The molecule has 0 spiro atoms. The average Bonchev–Trinajstić information content (AvgIpc) is 2.57. The number of hydrogen-bond donors (Lipinski definition) is 1. The summed E-state index contributed by atoms with van der Waals surface area (Å²) < 4.78 is 1.75. The van der Waals surface area contributed by atoms with Gasteiger partial charge in [0.25, 0.3) is 0 Å². The molecule has 2 aromatic rings. The molecule has 0 radical (unpaired) electrons. The Morgan fingerprint density at radius 2 is 1.94 bits per heavy atom. The van der Waals surface area contributed by atoms with Crippen LogP contribution in [0.25, 0.3) is 5.69 Å². The first-order valence-corrected chi connectivity index (χ1v) is 6.44. The Bertz CT molecular complexity index is 588. The second-order valence-corrected chi connectivity index (χ2v) is 5.18. The Balaban J connectivity index is 2.54. The van der Waals surface area contributed by atoms with Crippen molar-refractivity contribution in [3.05, 3.63) is 45.2 Å². The summed E-state index contributed by atoms with van der Waals surface area (Å²) >= 11 is 12.4. The lowest BCUT2D eigenvalue weighted by Gasteiger charge is -2.11. The van der Waals surface area contributed by atoms with Gasteiger partial charge in [-0.2, -0.15) is 5.10 Å². The van der Waals surface area contributed by atoms with Gasteiger partial charge in [-0.25, -0.2) is 4.68 Å². The highest BCUT2D eigenvalue weighted by Crippen LogP contribution is 2.28. The predicted molar refractivity (Wildman–Crippen MR) is 75.7 cm³/mol. The highest BCUT2D eigenvalue weighted by molar-refractivity contribution is 6.33. The van der Waals surface area contributed by atoms with Gasteiger partial charge < -0.3 is 5.73 Å². The SMILES string of the molecule is Cc1nn(-c2ccc([C@H](C)N)cc2Cl)c(C)c1Cl. The summed E-state index contributed by atoms with van der Waals surface area (Å²) in [6.45, 7) is 5.71. The van der Waals surface area contributed by atoms with Crippen LogP contribution in [-0.2, 0) is 0 Å². The monoisotopic (exact) mass is 283 g/mol. The molecular weight excluding hydrogens is 269 g/mol. The third-order valence-corrected chi connectivity index (χ3v) is 3.78. The van der Waals surface area contributed by atoms with Crippen LogP contribution in [0.3, 0.4) is 0 Å². The standard InChI is InChI=1S/C13H15Cl2N3/c1-7(16)10-4-5-12(11(14)6-10)18-9(3)13(15)8(2)17-18/h4-7H,16H2,1-3H3/t7-/m0/s1. The third kappa shape index (κ3) is 2.26. The molecule has 3 nitrogen and oxygen atoms in total. The summed E-state index contributed by atoms with van der Waals surface area (Å²) in [5.74, 6) is 0. The molecule has 0 aliphatic carbocycles. The van der Waals surface area contributed by atoms with Gasteiger partial charge in [-0.05, 0) is 38.5 Å². The van der Waals surface area contributed by atoms with E-state index in [9.17, 15) is 0 Å². The fourth-order valence-corrected chi connectivity index (χ4v) is 2.22. The summed E-state index contributed by atoms with van der Waals surface area (Å²) in [5, 5.41) is 5.67. The van der Waals surface area contributed by atoms with E-state index < -0.39 is 0 Å². The molecule has 1 aromatic carbocycles. The summed E-state index contributed by atoms with van der Waals surface area (Å²) in [4.78, 5) is 0. The van der Waals surface area contributed by atoms with Gasteiger partial charge >= 0.3 is 0 Å². The van der Waals surface area contributed by atoms with Crippen LogP contribution in [0.5, 0.6) is 0 Å². The lowest BCUT2D eigenvalue weighted by molar-refractivity contribution is 0.808. The smallest absolute Gasteiger partial charge is 0.0848 e. The van der Waals surface area contributed by atoms with Gasteiger partial charge in [0, 0.05) is 6.04 Å². The number of hydrogen-bond acceptors (Lipinski definition) is 2. The Labute approximate surface area is 117 Å². The first-order valence-electron chi connectivity index (χ1n) is 5.69. The molecule has 1 heterocycles. The molecule has 0 aliphatic heterocycles. The minimum absolute atomic E-state index is 0.0411. The fraction of sp³-hybridized carbons (Fsp3) is 0.308. The van der Waals surface area contributed by atoms with Gasteiger partial charge in [-0.15, -0.1) is 0 Å². The molecule has 0 bridgehead atoms. The number of halogens is 2. The largest absolute Gasteiger partial charge is 0.324 e. The van der Waals surface area contributed by atoms with Gasteiger partial charge in [0.1, 0.15) is 0 Å². The van der Waals surface area contributed by atoms with E-state index in [4.69, 9.17) is 28.9 Å². The maximum Gasteiger partial charge on any atom is 0.0848 e. The lowest BCUT2D eigenvalue weighted by atomic mass is 10.1. The van der Waals surface area contributed by atoms with E-state index in [0.717, 1.165) is 22.6 Å². The number of aryl methyl sites for hydroxylation is 1. The van der Waals surface area contributed by atoms with Crippen molar-refractivity contribution in [1.29, 1.82) is 0 Å². The minimum Gasteiger partial charge on any atom is -0.324 e. The van der Waals surface area contributed by atoms with E-state index in [-0.39, 0.29) is 6.04 Å². The summed E-state index contributed by atoms with van der Waals surface area (Å²) in [6, 6.07) is 5.69. The molecule has 0 saturated carbocycles. The zero-order valence-electron chi connectivity index (χ0n) is 10.5. The molecule has 0 fully saturated rings. The van der Waals surface area contributed by atoms with Gasteiger partial charge in [-0.3, -0.25) is 0 Å². The van der Waals surface area contributed by atoms with Crippen molar-refractivity contribution in [2.24, 2.45) is 5.73 Å². The van der Waals surface area contributed by atoms with Crippen LogP contribution in [0, 0.1) is 13.8 Å². The molecule has 0 unspecified atom stereocenters. The minimum atomic E-state index is -0.0411. The lowest BCUT2D eigenvalue weighted by Crippen LogP contribution is -2.06. The Morgan fingerprint density at radius 1 is 1.28 bits per heavy atom. The zero-order chi connectivity index (χ0) is 13.4. The topological polar surface area (TPSA) is 43.8 Å². The molecular formula is C13H15Cl2N3. The Morgan fingerprint density at radius 3 is 2.39 bits per heavy atom. The molecule has 1 atom stereocenters. The maximum atomic E-state index is 6.28. The molecule has 5 heteroatoms. The molecule has 2 N–H and O–H groups in total. The van der Waals surface area contributed by atoms with Crippen molar-refractivity contribution in [3.63, 3.8) is 0 Å². The first kappa shape index (κ1) is 13.4. The van der Waals surface area contributed by atoms with Crippen LogP contribution >= 0.6 is 23.2 Å². The van der Waals surface area contributed by atoms with Crippen LogP contribution < -0.4 is 5.73 Å². The summed E-state index contributed by atoms with van der Waals surface area (Å²) in [5.41, 5.74) is 9.31. The van der Waals surface area contributed by atoms with Gasteiger partial charge in [0.05, 0.1) is 27.1 Å². The van der Waals surface area contributed by atoms with Crippen LogP contribution in [0.4, 0.5) is 0 Å². The van der Waals surface area contributed by atoms with Crippen molar-refractivity contribution in [2.75, 3.05) is 0 Å². The van der Waals surface area contributed by atoms with Gasteiger partial charge in [0.15, 0.2) is 0 Å². The highest BCUT2D eigenvalue weighted by Gasteiger charge is 2.13. The Hall–Kier alpha value is -1.03. The third-order valence-electron chi connectivity index (χ3n) is 2.93. The number of benzene rings is 1. The molecule has 0 aliphatic rings. The second-order valence-electron chi connectivity index (χ2n) is 4.40. The van der Waals surface area contributed by atoms with Gasteiger partial charge in [-0.1, -0.05) is 29.3 Å². The van der Waals surface area contributed by atoms with Crippen molar-refractivity contribution >= 4 is 23.2 Å². The Kier molecular flexibility index (Phi) is 3.66. The van der Waals surface area contributed by atoms with Crippen LogP contribution in [0.1, 0.15) is 29.9 Å². The summed E-state index contributed by atoms with van der Waals surface area (Å²) in [6.07, 6.45) is 0. The quantitative estimate of drug-likeness (QED) is 0.911. The molecule has 96 valence electrons. The summed E-state index contributed by atoms with van der Waals surface area (Å²) in [7, 11) is 0. The van der Waals surface area contributed by atoms with Crippen LogP contribution in [-0.4, -0.2) is 9.78 Å². The average molecular weight is 284 g/mol. The molecule has 2 rings (SSSR count). The van der Waals surface area contributed by atoms with E-state index in [0.29, 0.717) is 10.0 Å². The van der Waals surface area contributed by atoms with Crippen molar-refractivity contribution in [1.82, 2.24) is 9.78 Å². The van der Waals surface area contributed by atoms with E-state index in [1.807, 2.05) is 39.0 Å². The predicted octanol–water partition coefficient (Wildman–Crippen LogP) is 3.82.